The predicted molar refractivity (Wildman–Crippen MR) is 82.7 cm³/mol. The second-order valence-corrected chi connectivity index (χ2v) is 5.32. The third-order valence-electron chi connectivity index (χ3n) is 2.73. The third-order valence-corrected chi connectivity index (χ3v) is 3.28. The van der Waals surface area contributed by atoms with Crippen LogP contribution >= 0.6 is 23.2 Å². The zero-order valence-electron chi connectivity index (χ0n) is 11.5. The Kier molecular flexibility index (Phi) is 5.79. The molecule has 3 nitrogen and oxygen atoms in total. The molecule has 21 heavy (non-hydrogen) atoms. The summed E-state index contributed by atoms with van der Waals surface area (Å²) in [4.78, 5) is 3.98. The van der Waals surface area contributed by atoms with Crippen LogP contribution in [-0.4, -0.2) is 11.5 Å². The Labute approximate surface area is 133 Å². The van der Waals surface area contributed by atoms with E-state index >= 15 is 0 Å². The van der Waals surface area contributed by atoms with Crippen LogP contribution in [0.15, 0.2) is 30.5 Å². The van der Waals surface area contributed by atoms with Crippen LogP contribution in [0.1, 0.15) is 18.9 Å². The number of hydrogen-bond donors (Lipinski definition) is 1. The number of ether oxygens (including phenoxy) is 1. The van der Waals surface area contributed by atoms with Crippen molar-refractivity contribution in [1.29, 1.82) is 0 Å². The van der Waals surface area contributed by atoms with Gasteiger partial charge in [0.15, 0.2) is 0 Å². The number of pyridine rings is 1. The molecule has 0 saturated carbocycles. The van der Waals surface area contributed by atoms with Crippen molar-refractivity contribution < 1.29 is 9.13 Å². The molecular weight excluding hydrogens is 314 g/mol. The molecule has 0 unspecified atom stereocenters. The normalized spacial score (nSPS) is 10.7. The van der Waals surface area contributed by atoms with Crippen molar-refractivity contribution in [2.75, 3.05) is 6.54 Å². The Bertz CT molecular complexity index is 623. The van der Waals surface area contributed by atoms with E-state index in [9.17, 15) is 4.39 Å². The minimum absolute atomic E-state index is 0.309. The number of benzene rings is 1. The number of aromatic nitrogens is 1. The minimum atomic E-state index is -0.409. The first kappa shape index (κ1) is 16.0. The maximum atomic E-state index is 13.3. The summed E-state index contributed by atoms with van der Waals surface area (Å²) in [5.74, 6) is 0.289. The van der Waals surface area contributed by atoms with Gasteiger partial charge in [0.05, 0.1) is 11.2 Å². The molecule has 0 aliphatic carbocycles. The van der Waals surface area contributed by atoms with Crippen LogP contribution in [0.4, 0.5) is 4.39 Å². The Morgan fingerprint density at radius 2 is 2.10 bits per heavy atom. The van der Waals surface area contributed by atoms with E-state index in [1.165, 1.54) is 6.07 Å². The van der Waals surface area contributed by atoms with Gasteiger partial charge in [0.1, 0.15) is 11.6 Å². The highest BCUT2D eigenvalue weighted by Gasteiger charge is 2.11. The fourth-order valence-electron chi connectivity index (χ4n) is 1.75. The van der Waals surface area contributed by atoms with E-state index in [4.69, 9.17) is 27.9 Å². The zero-order chi connectivity index (χ0) is 15.2. The summed E-state index contributed by atoms with van der Waals surface area (Å²) in [7, 11) is 0. The van der Waals surface area contributed by atoms with E-state index in [2.05, 4.69) is 17.2 Å². The number of halogens is 3. The molecule has 0 spiro atoms. The van der Waals surface area contributed by atoms with Crippen LogP contribution in [0.25, 0.3) is 0 Å². The first-order valence-electron chi connectivity index (χ1n) is 6.58. The fourth-order valence-corrected chi connectivity index (χ4v) is 2.06. The average Bonchev–Trinajstić information content (AvgIpc) is 2.46. The van der Waals surface area contributed by atoms with Gasteiger partial charge in [-0.05, 0) is 31.2 Å². The summed E-state index contributed by atoms with van der Waals surface area (Å²) < 4.78 is 19.0. The van der Waals surface area contributed by atoms with Crippen LogP contribution in [-0.2, 0) is 6.54 Å². The highest BCUT2D eigenvalue weighted by atomic mass is 35.5. The van der Waals surface area contributed by atoms with Gasteiger partial charge in [-0.1, -0.05) is 30.1 Å². The molecule has 6 heteroatoms. The summed E-state index contributed by atoms with van der Waals surface area (Å²) in [6.07, 6.45) is 2.09. The van der Waals surface area contributed by atoms with Crippen LogP contribution < -0.4 is 10.1 Å². The lowest BCUT2D eigenvalue weighted by Crippen LogP contribution is -2.15. The van der Waals surface area contributed by atoms with Gasteiger partial charge in [-0.3, -0.25) is 0 Å². The minimum Gasteiger partial charge on any atom is -0.437 e. The zero-order valence-corrected chi connectivity index (χ0v) is 13.0. The van der Waals surface area contributed by atoms with Crippen molar-refractivity contribution in [3.8, 4) is 11.6 Å². The fraction of sp³-hybridized carbons (Fsp3) is 0.267. The molecule has 0 fully saturated rings. The van der Waals surface area contributed by atoms with Crippen molar-refractivity contribution in [1.82, 2.24) is 10.3 Å². The molecule has 112 valence electrons. The standard InChI is InChI=1S/C15H15Cl2FN2O/c1-2-5-19-8-10-6-12(18)9-20-15(10)21-14-7-11(16)3-4-13(14)17/h3-4,6-7,9,19H,2,5,8H2,1H3. The van der Waals surface area contributed by atoms with E-state index in [1.54, 1.807) is 18.2 Å². The van der Waals surface area contributed by atoms with Gasteiger partial charge in [0.25, 0.3) is 0 Å². The molecule has 0 saturated heterocycles. The molecule has 1 heterocycles. The Balaban J connectivity index is 2.24. The van der Waals surface area contributed by atoms with E-state index in [1.807, 2.05) is 0 Å². The van der Waals surface area contributed by atoms with Crippen LogP contribution in [0.5, 0.6) is 11.6 Å². The van der Waals surface area contributed by atoms with Gasteiger partial charge in [0, 0.05) is 23.2 Å². The highest BCUT2D eigenvalue weighted by molar-refractivity contribution is 6.34. The Hall–Kier alpha value is -1.36. The molecule has 0 aliphatic rings. The number of nitrogens with zero attached hydrogens (tertiary/aromatic N) is 1. The first-order chi connectivity index (χ1) is 10.1. The van der Waals surface area contributed by atoms with Crippen molar-refractivity contribution in [3.05, 3.63) is 51.9 Å². The van der Waals surface area contributed by atoms with Crippen molar-refractivity contribution >= 4 is 23.2 Å². The molecular formula is C15H15Cl2FN2O. The molecule has 1 N–H and O–H groups in total. The summed E-state index contributed by atoms with van der Waals surface area (Å²) in [5, 5.41) is 4.10. The second kappa shape index (κ2) is 7.59. The van der Waals surface area contributed by atoms with Gasteiger partial charge in [0.2, 0.25) is 5.88 Å². The largest absolute Gasteiger partial charge is 0.437 e. The summed E-state index contributed by atoms with van der Waals surface area (Å²) >= 11 is 12.0. The molecule has 1 aromatic carbocycles. The monoisotopic (exact) mass is 328 g/mol. The quantitative estimate of drug-likeness (QED) is 0.772. The summed E-state index contributed by atoms with van der Waals surface area (Å²) in [6.45, 7) is 3.35. The maximum absolute atomic E-state index is 13.3. The number of nitrogens with one attached hydrogen (secondary N) is 1. The van der Waals surface area contributed by atoms with E-state index in [0.717, 1.165) is 19.2 Å². The topological polar surface area (TPSA) is 34.2 Å². The van der Waals surface area contributed by atoms with Crippen LogP contribution in [0, 0.1) is 5.82 Å². The molecule has 0 radical (unpaired) electrons. The van der Waals surface area contributed by atoms with E-state index in [-0.39, 0.29) is 0 Å². The average molecular weight is 329 g/mol. The van der Waals surface area contributed by atoms with Crippen molar-refractivity contribution in [3.63, 3.8) is 0 Å². The van der Waals surface area contributed by atoms with Gasteiger partial charge >= 0.3 is 0 Å². The van der Waals surface area contributed by atoms with Crippen LogP contribution in [0.3, 0.4) is 0 Å². The molecule has 0 aliphatic heterocycles. The molecule has 1 aromatic heterocycles. The van der Waals surface area contributed by atoms with Crippen molar-refractivity contribution in [2.24, 2.45) is 0 Å². The van der Waals surface area contributed by atoms with E-state index < -0.39 is 5.82 Å². The third kappa shape index (κ3) is 4.56. The predicted octanol–water partition coefficient (Wildman–Crippen LogP) is 4.82. The smallest absolute Gasteiger partial charge is 0.223 e. The lowest BCUT2D eigenvalue weighted by atomic mass is 10.2. The molecule has 0 atom stereocenters. The van der Waals surface area contributed by atoms with E-state index in [0.29, 0.717) is 33.8 Å². The molecule has 2 aromatic rings. The van der Waals surface area contributed by atoms with Gasteiger partial charge in [-0.25, -0.2) is 9.37 Å². The molecule has 0 bridgehead atoms. The lowest BCUT2D eigenvalue weighted by Gasteiger charge is -2.12. The SMILES string of the molecule is CCCNCc1cc(F)cnc1Oc1cc(Cl)ccc1Cl. The molecule has 0 amide bonds. The van der Waals surface area contributed by atoms with Gasteiger partial charge in [-0.2, -0.15) is 0 Å². The Morgan fingerprint density at radius 1 is 1.29 bits per heavy atom. The second-order valence-electron chi connectivity index (χ2n) is 4.47. The summed E-state index contributed by atoms with van der Waals surface area (Å²) in [6, 6.07) is 6.29. The van der Waals surface area contributed by atoms with Gasteiger partial charge < -0.3 is 10.1 Å². The lowest BCUT2D eigenvalue weighted by molar-refractivity contribution is 0.448. The Morgan fingerprint density at radius 3 is 2.86 bits per heavy atom. The number of rotatable bonds is 6. The highest BCUT2D eigenvalue weighted by Crippen LogP contribution is 2.32. The molecule has 2 rings (SSSR count). The van der Waals surface area contributed by atoms with Crippen LogP contribution in [0.2, 0.25) is 10.0 Å². The van der Waals surface area contributed by atoms with Gasteiger partial charge in [-0.15, -0.1) is 0 Å². The summed E-state index contributed by atoms with van der Waals surface area (Å²) in [5.41, 5.74) is 0.625. The first-order valence-corrected chi connectivity index (χ1v) is 7.33. The number of hydrogen-bond acceptors (Lipinski definition) is 3. The maximum Gasteiger partial charge on any atom is 0.223 e. The van der Waals surface area contributed by atoms with Crippen molar-refractivity contribution in [2.45, 2.75) is 19.9 Å².